The molecule has 0 aliphatic rings. The summed E-state index contributed by atoms with van der Waals surface area (Å²) < 4.78 is 0. The number of halogens is 1. The van der Waals surface area contributed by atoms with E-state index in [2.05, 4.69) is 24.5 Å². The van der Waals surface area contributed by atoms with Gasteiger partial charge in [0.25, 0.3) is 0 Å². The lowest BCUT2D eigenvalue weighted by Crippen LogP contribution is -2.37. The third-order valence-electron chi connectivity index (χ3n) is 2.35. The molecular formula is C12H26ClN3O2. The topological polar surface area (TPSA) is 84.2 Å². The molecule has 0 radical (unpaired) electrons. The summed E-state index contributed by atoms with van der Waals surface area (Å²) in [6, 6.07) is 0. The van der Waals surface area contributed by atoms with Crippen LogP contribution in [0.4, 0.5) is 0 Å². The van der Waals surface area contributed by atoms with E-state index in [1.165, 1.54) is 0 Å². The zero-order valence-electron chi connectivity index (χ0n) is 11.3. The third-order valence-corrected chi connectivity index (χ3v) is 2.35. The Labute approximate surface area is 116 Å². The van der Waals surface area contributed by atoms with Crippen LogP contribution in [0.2, 0.25) is 0 Å². The summed E-state index contributed by atoms with van der Waals surface area (Å²) in [5, 5.41) is 5.33. The summed E-state index contributed by atoms with van der Waals surface area (Å²) in [5.74, 6) is 0.307. The van der Waals surface area contributed by atoms with Crippen molar-refractivity contribution in [3.8, 4) is 0 Å². The van der Waals surface area contributed by atoms with Crippen molar-refractivity contribution >= 4 is 24.2 Å². The van der Waals surface area contributed by atoms with E-state index in [0.717, 1.165) is 19.3 Å². The molecule has 0 spiro atoms. The van der Waals surface area contributed by atoms with Gasteiger partial charge in [0.15, 0.2) is 0 Å². The summed E-state index contributed by atoms with van der Waals surface area (Å²) in [6.45, 7) is 5.47. The third kappa shape index (κ3) is 13.3. The Bertz CT molecular complexity index is 235. The second kappa shape index (κ2) is 12.6. The number of rotatable bonds is 9. The fourth-order valence-corrected chi connectivity index (χ4v) is 1.25. The van der Waals surface area contributed by atoms with Crippen LogP contribution in [0.25, 0.3) is 0 Å². The quantitative estimate of drug-likeness (QED) is 0.546. The van der Waals surface area contributed by atoms with E-state index in [9.17, 15) is 9.59 Å². The predicted octanol–water partition coefficient (Wildman–Crippen LogP) is 0.816. The lowest BCUT2D eigenvalue weighted by atomic mass is 10.1. The maximum Gasteiger partial charge on any atom is 0.239 e. The largest absolute Gasteiger partial charge is 0.355 e. The highest BCUT2D eigenvalue weighted by Crippen LogP contribution is 2.02. The first-order chi connectivity index (χ1) is 8.06. The summed E-state index contributed by atoms with van der Waals surface area (Å²) in [7, 11) is 0. The number of carbonyl (C=O) groups is 2. The van der Waals surface area contributed by atoms with Gasteiger partial charge in [0.1, 0.15) is 0 Å². The Kier molecular flexibility index (Phi) is 13.7. The molecule has 108 valence electrons. The molecule has 0 aromatic carbocycles. The van der Waals surface area contributed by atoms with Crippen LogP contribution in [0.5, 0.6) is 0 Å². The Hall–Kier alpha value is -0.810. The number of hydrogen-bond acceptors (Lipinski definition) is 3. The predicted molar refractivity (Wildman–Crippen MR) is 75.6 cm³/mol. The smallest absolute Gasteiger partial charge is 0.239 e. The molecule has 0 aromatic heterocycles. The van der Waals surface area contributed by atoms with E-state index in [4.69, 9.17) is 5.73 Å². The number of unbranched alkanes of at least 4 members (excludes halogenated alkanes) is 1. The molecule has 0 heterocycles. The Morgan fingerprint density at radius 1 is 1.11 bits per heavy atom. The molecule has 0 aliphatic heterocycles. The summed E-state index contributed by atoms with van der Waals surface area (Å²) >= 11 is 0. The Balaban J connectivity index is 0. The van der Waals surface area contributed by atoms with Gasteiger partial charge in [-0.3, -0.25) is 9.59 Å². The summed E-state index contributed by atoms with van der Waals surface area (Å²) in [5.41, 5.74) is 5.33. The first-order valence-corrected chi connectivity index (χ1v) is 6.29. The molecule has 2 amide bonds. The molecule has 0 saturated carbocycles. The van der Waals surface area contributed by atoms with E-state index >= 15 is 0 Å². The van der Waals surface area contributed by atoms with Gasteiger partial charge in [-0.1, -0.05) is 13.8 Å². The van der Waals surface area contributed by atoms with Gasteiger partial charge >= 0.3 is 0 Å². The lowest BCUT2D eigenvalue weighted by molar-refractivity contribution is -0.126. The second-order valence-corrected chi connectivity index (χ2v) is 4.55. The van der Waals surface area contributed by atoms with Gasteiger partial charge in [-0.2, -0.15) is 0 Å². The number of nitrogens with two attached hydrogens (primary N) is 1. The van der Waals surface area contributed by atoms with Crippen LogP contribution in [-0.4, -0.2) is 31.4 Å². The van der Waals surface area contributed by atoms with Gasteiger partial charge in [-0.05, 0) is 31.7 Å². The van der Waals surface area contributed by atoms with Gasteiger partial charge in [-0.15, -0.1) is 12.4 Å². The van der Waals surface area contributed by atoms with E-state index in [1.807, 2.05) is 0 Å². The molecule has 0 bridgehead atoms. The van der Waals surface area contributed by atoms with Crippen LogP contribution < -0.4 is 16.4 Å². The minimum Gasteiger partial charge on any atom is -0.355 e. The highest BCUT2D eigenvalue weighted by atomic mass is 35.5. The average molecular weight is 280 g/mol. The van der Waals surface area contributed by atoms with E-state index in [1.54, 1.807) is 0 Å². The Morgan fingerprint density at radius 2 is 1.78 bits per heavy atom. The number of nitrogens with one attached hydrogen (secondary N) is 2. The van der Waals surface area contributed by atoms with Gasteiger partial charge in [0.2, 0.25) is 11.8 Å². The molecule has 0 atom stereocenters. The Morgan fingerprint density at radius 3 is 2.33 bits per heavy atom. The molecule has 0 aromatic rings. The number of amides is 2. The highest BCUT2D eigenvalue weighted by molar-refractivity contribution is 5.85. The van der Waals surface area contributed by atoms with Crippen LogP contribution in [-0.2, 0) is 9.59 Å². The highest BCUT2D eigenvalue weighted by Gasteiger charge is 2.05. The fraction of sp³-hybridized carbons (Fsp3) is 0.833. The minimum atomic E-state index is -0.139. The molecule has 6 heteroatoms. The maximum absolute atomic E-state index is 11.3. The van der Waals surface area contributed by atoms with Crippen molar-refractivity contribution < 1.29 is 9.59 Å². The van der Waals surface area contributed by atoms with E-state index in [0.29, 0.717) is 25.4 Å². The van der Waals surface area contributed by atoms with Gasteiger partial charge in [0, 0.05) is 13.0 Å². The van der Waals surface area contributed by atoms with Gasteiger partial charge in [0.05, 0.1) is 6.54 Å². The first-order valence-electron chi connectivity index (χ1n) is 6.29. The van der Waals surface area contributed by atoms with Crippen molar-refractivity contribution in [2.45, 2.75) is 39.5 Å². The summed E-state index contributed by atoms with van der Waals surface area (Å²) in [4.78, 5) is 22.6. The second-order valence-electron chi connectivity index (χ2n) is 4.55. The fourth-order valence-electron chi connectivity index (χ4n) is 1.25. The molecule has 4 N–H and O–H groups in total. The van der Waals surface area contributed by atoms with Gasteiger partial charge < -0.3 is 16.4 Å². The van der Waals surface area contributed by atoms with Gasteiger partial charge in [-0.25, -0.2) is 0 Å². The SMILES string of the molecule is CC(C)CCC(=O)NCC(=O)NCCCCN.Cl. The zero-order valence-corrected chi connectivity index (χ0v) is 12.1. The van der Waals surface area contributed by atoms with Crippen LogP contribution in [0.15, 0.2) is 0 Å². The van der Waals surface area contributed by atoms with Crippen molar-refractivity contribution in [1.82, 2.24) is 10.6 Å². The van der Waals surface area contributed by atoms with Crippen LogP contribution in [0.3, 0.4) is 0 Å². The van der Waals surface area contributed by atoms with Crippen molar-refractivity contribution in [2.75, 3.05) is 19.6 Å². The van der Waals surface area contributed by atoms with Crippen molar-refractivity contribution in [3.63, 3.8) is 0 Å². The van der Waals surface area contributed by atoms with Crippen molar-refractivity contribution in [2.24, 2.45) is 11.7 Å². The van der Waals surface area contributed by atoms with E-state index in [-0.39, 0.29) is 30.8 Å². The molecule has 5 nitrogen and oxygen atoms in total. The normalized spacial score (nSPS) is 9.78. The summed E-state index contributed by atoms with van der Waals surface area (Å²) in [6.07, 6.45) is 3.12. The molecule has 18 heavy (non-hydrogen) atoms. The molecular weight excluding hydrogens is 254 g/mol. The maximum atomic E-state index is 11.3. The van der Waals surface area contributed by atoms with Crippen LogP contribution in [0, 0.1) is 5.92 Å². The first kappa shape index (κ1) is 19.5. The van der Waals surface area contributed by atoms with E-state index < -0.39 is 0 Å². The molecule has 0 rings (SSSR count). The molecule has 0 fully saturated rings. The number of carbonyl (C=O) groups excluding carboxylic acids is 2. The lowest BCUT2D eigenvalue weighted by Gasteiger charge is -2.07. The minimum absolute atomic E-state index is 0. The van der Waals surface area contributed by atoms with Crippen LogP contribution in [0.1, 0.15) is 39.5 Å². The molecule has 0 unspecified atom stereocenters. The zero-order chi connectivity index (χ0) is 13.1. The monoisotopic (exact) mass is 279 g/mol. The van der Waals surface area contributed by atoms with Crippen LogP contribution >= 0.6 is 12.4 Å². The standard InChI is InChI=1S/C12H25N3O2.ClH/c1-10(2)5-6-11(16)15-9-12(17)14-8-4-3-7-13;/h10H,3-9,13H2,1-2H3,(H,14,17)(H,15,16);1H. The van der Waals surface area contributed by atoms with Crippen molar-refractivity contribution in [3.05, 3.63) is 0 Å². The molecule has 0 aliphatic carbocycles. The number of hydrogen-bond donors (Lipinski definition) is 3. The average Bonchev–Trinajstić information content (AvgIpc) is 2.29. The van der Waals surface area contributed by atoms with Crippen molar-refractivity contribution in [1.29, 1.82) is 0 Å². The molecule has 0 saturated heterocycles.